The van der Waals surface area contributed by atoms with E-state index >= 15 is 0 Å². The fourth-order valence-corrected chi connectivity index (χ4v) is 10.2. The summed E-state index contributed by atoms with van der Waals surface area (Å²) in [6.45, 7) is 8.18. The molecular formula is C33H37O2P. The van der Waals surface area contributed by atoms with E-state index in [1.165, 1.54) is 21.5 Å². The summed E-state index contributed by atoms with van der Waals surface area (Å²) in [6.07, 6.45) is 7.06. The molecule has 0 aliphatic heterocycles. The summed E-state index contributed by atoms with van der Waals surface area (Å²) in [5.41, 5.74) is 2.61. The summed E-state index contributed by atoms with van der Waals surface area (Å²) in [7, 11) is -2.33. The monoisotopic (exact) mass is 496 g/mol. The molecule has 0 amide bonds. The van der Waals surface area contributed by atoms with Crippen molar-refractivity contribution in [2.24, 2.45) is 5.41 Å². The van der Waals surface area contributed by atoms with Crippen molar-refractivity contribution < 1.29 is 9.90 Å². The summed E-state index contributed by atoms with van der Waals surface area (Å²) < 4.78 is 0. The number of rotatable bonds is 7. The summed E-state index contributed by atoms with van der Waals surface area (Å²) in [6, 6.07) is 32.8. The number of benzene rings is 3. The molecule has 36 heavy (non-hydrogen) atoms. The Labute approximate surface area is 216 Å². The van der Waals surface area contributed by atoms with Crippen LogP contribution in [-0.4, -0.2) is 23.2 Å². The van der Waals surface area contributed by atoms with Gasteiger partial charge in [-0.25, -0.2) is 0 Å². The third-order valence-corrected chi connectivity index (χ3v) is 12.3. The van der Waals surface area contributed by atoms with Gasteiger partial charge < -0.3 is 0 Å². The second-order valence-corrected chi connectivity index (χ2v) is 14.4. The Morgan fingerprint density at radius 2 is 1.33 bits per heavy atom. The molecular weight excluding hydrogens is 459 g/mol. The SMILES string of the molecule is CC1=C(/C=C/C(C)=C/C[PH](c2ccccc2)(c2ccccc2)c2ccccc2)C(C)(C)C[C@H](O)C1=O. The molecule has 3 heteroatoms. The van der Waals surface area contributed by atoms with Gasteiger partial charge >= 0.3 is 217 Å². The molecule has 3 aromatic carbocycles. The number of allylic oxidation sites excluding steroid dienone is 5. The molecule has 0 fully saturated rings. The van der Waals surface area contributed by atoms with Gasteiger partial charge in [0, 0.05) is 0 Å². The third-order valence-electron chi connectivity index (χ3n) is 7.55. The van der Waals surface area contributed by atoms with Gasteiger partial charge in [-0.2, -0.15) is 0 Å². The van der Waals surface area contributed by atoms with Crippen LogP contribution in [-0.2, 0) is 4.79 Å². The fourth-order valence-electron chi connectivity index (χ4n) is 5.55. The zero-order valence-corrected chi connectivity index (χ0v) is 22.7. The minimum atomic E-state index is -2.33. The fraction of sp³-hybridized carbons (Fsp3) is 0.242. The molecule has 4 rings (SSSR count). The van der Waals surface area contributed by atoms with Gasteiger partial charge in [0.25, 0.3) is 0 Å². The van der Waals surface area contributed by atoms with Crippen LogP contribution < -0.4 is 15.9 Å². The van der Waals surface area contributed by atoms with Gasteiger partial charge in [-0.1, -0.05) is 0 Å². The van der Waals surface area contributed by atoms with E-state index in [4.69, 9.17) is 0 Å². The molecule has 3 aromatic rings. The van der Waals surface area contributed by atoms with E-state index in [1.54, 1.807) is 0 Å². The molecule has 0 spiro atoms. The molecule has 0 saturated carbocycles. The number of hydrogen-bond donors (Lipinski definition) is 1. The first-order valence-corrected chi connectivity index (χ1v) is 14.9. The Hall–Kier alpha value is -3.06. The van der Waals surface area contributed by atoms with E-state index in [1.807, 2.05) is 6.92 Å². The van der Waals surface area contributed by atoms with Crippen LogP contribution in [0.3, 0.4) is 0 Å². The van der Waals surface area contributed by atoms with E-state index in [2.05, 4.69) is 130 Å². The van der Waals surface area contributed by atoms with Gasteiger partial charge in [0.2, 0.25) is 0 Å². The van der Waals surface area contributed by atoms with Crippen molar-refractivity contribution >= 4 is 29.0 Å². The Morgan fingerprint density at radius 1 is 0.889 bits per heavy atom. The first-order chi connectivity index (χ1) is 17.3. The number of Topliss-reactive ketones (excluding diaryl/α,β-unsaturated/α-hetero) is 1. The van der Waals surface area contributed by atoms with Crippen LogP contribution in [0.25, 0.3) is 0 Å². The van der Waals surface area contributed by atoms with Gasteiger partial charge in [0.15, 0.2) is 0 Å². The number of aliphatic hydroxyl groups excluding tert-OH is 1. The molecule has 1 N–H and O–H groups in total. The topological polar surface area (TPSA) is 37.3 Å². The maximum atomic E-state index is 12.4. The molecule has 0 heterocycles. The van der Waals surface area contributed by atoms with Crippen molar-refractivity contribution in [2.75, 3.05) is 6.16 Å². The van der Waals surface area contributed by atoms with E-state index in [0.29, 0.717) is 12.0 Å². The molecule has 0 bridgehead atoms. The average Bonchev–Trinajstić information content (AvgIpc) is 2.89. The van der Waals surface area contributed by atoms with Crippen molar-refractivity contribution in [1.82, 2.24) is 0 Å². The van der Waals surface area contributed by atoms with Crippen LogP contribution in [0.2, 0.25) is 0 Å². The quantitative estimate of drug-likeness (QED) is 0.327. The second-order valence-electron chi connectivity index (χ2n) is 10.5. The number of carbonyl (C=O) groups excluding carboxylic acids is 1. The Morgan fingerprint density at radius 3 is 1.78 bits per heavy atom. The molecule has 0 aromatic heterocycles. The summed E-state index contributed by atoms with van der Waals surface area (Å²) >= 11 is 0. The zero-order valence-electron chi connectivity index (χ0n) is 21.7. The van der Waals surface area contributed by atoms with Gasteiger partial charge in [0.1, 0.15) is 0 Å². The van der Waals surface area contributed by atoms with Gasteiger partial charge in [-0.15, -0.1) is 0 Å². The van der Waals surface area contributed by atoms with Gasteiger partial charge in [0.05, 0.1) is 0 Å². The van der Waals surface area contributed by atoms with E-state index in [0.717, 1.165) is 11.7 Å². The normalized spacial score (nSPS) is 19.1. The summed E-state index contributed by atoms with van der Waals surface area (Å²) in [5.74, 6) is -0.153. The standard InChI is InChI=1S/C33H37O2P/c1-25(20-21-30-26(2)32(35)31(34)24-33(30,3)4)22-23-36(27-14-8-5-9-15-27,28-16-10-6-11-17-28)29-18-12-7-13-19-29/h5-22,31,34,36H,23-24H2,1-4H3/b21-20+,25-22+/t31-/m0/s1. The van der Waals surface area contributed by atoms with Crippen molar-refractivity contribution in [3.8, 4) is 0 Å². The first-order valence-electron chi connectivity index (χ1n) is 12.7. The number of aliphatic hydroxyl groups is 1. The molecule has 1 aliphatic rings. The van der Waals surface area contributed by atoms with Crippen molar-refractivity contribution in [1.29, 1.82) is 0 Å². The van der Waals surface area contributed by atoms with E-state index in [-0.39, 0.29) is 11.2 Å². The van der Waals surface area contributed by atoms with Crippen molar-refractivity contribution in [3.05, 3.63) is 126 Å². The van der Waals surface area contributed by atoms with Crippen LogP contribution >= 0.6 is 7.26 Å². The second kappa shape index (κ2) is 10.9. The predicted octanol–water partition coefficient (Wildman–Crippen LogP) is 5.89. The van der Waals surface area contributed by atoms with Crippen LogP contribution in [0.5, 0.6) is 0 Å². The molecule has 0 saturated heterocycles. The van der Waals surface area contributed by atoms with Crippen LogP contribution in [0.1, 0.15) is 34.1 Å². The van der Waals surface area contributed by atoms with Crippen LogP contribution in [0.15, 0.2) is 126 Å². The van der Waals surface area contributed by atoms with Crippen LogP contribution in [0.4, 0.5) is 0 Å². The number of ketones is 1. The zero-order chi connectivity index (χ0) is 25.8. The Balaban J connectivity index is 1.77. The molecule has 1 atom stereocenters. The van der Waals surface area contributed by atoms with E-state index in [9.17, 15) is 9.90 Å². The van der Waals surface area contributed by atoms with Gasteiger partial charge in [-0.3, -0.25) is 0 Å². The van der Waals surface area contributed by atoms with Crippen molar-refractivity contribution in [2.45, 2.75) is 40.2 Å². The number of hydrogen-bond acceptors (Lipinski definition) is 2. The maximum absolute atomic E-state index is 12.4. The summed E-state index contributed by atoms with van der Waals surface area (Å²) in [5, 5.41) is 14.3. The molecule has 0 unspecified atom stereocenters. The van der Waals surface area contributed by atoms with Gasteiger partial charge in [-0.05, 0) is 0 Å². The number of carbonyl (C=O) groups is 1. The van der Waals surface area contributed by atoms with Crippen molar-refractivity contribution in [3.63, 3.8) is 0 Å². The molecule has 0 radical (unpaired) electrons. The third kappa shape index (κ3) is 5.21. The summed E-state index contributed by atoms with van der Waals surface area (Å²) in [4.78, 5) is 12.4. The molecule has 2 nitrogen and oxygen atoms in total. The molecule has 1 aliphatic carbocycles. The first kappa shape index (κ1) is 26.0. The predicted molar refractivity (Wildman–Crippen MR) is 156 cm³/mol. The van der Waals surface area contributed by atoms with Crippen LogP contribution in [0, 0.1) is 5.41 Å². The minimum absolute atomic E-state index is 0.153. The Bertz CT molecular complexity index is 1190. The molecule has 186 valence electrons. The van der Waals surface area contributed by atoms with E-state index < -0.39 is 13.4 Å². The average molecular weight is 497 g/mol. The Kier molecular flexibility index (Phi) is 7.88.